The summed E-state index contributed by atoms with van der Waals surface area (Å²) in [6.07, 6.45) is -3.74. The molecule has 5 nitrogen and oxygen atoms in total. The number of imide groups is 1. The first-order valence-electron chi connectivity index (χ1n) is 9.85. The molecule has 3 amide bonds. The lowest BCUT2D eigenvalue weighted by Crippen LogP contribution is -2.38. The highest BCUT2D eigenvalue weighted by atomic mass is 32.2. The van der Waals surface area contributed by atoms with E-state index in [2.05, 4.69) is 5.32 Å². The Kier molecular flexibility index (Phi) is 7.40. The molecule has 1 aliphatic rings. The molecule has 1 saturated heterocycles. The lowest BCUT2D eigenvalue weighted by Gasteiger charge is -2.20. The second kappa shape index (κ2) is 10.0. The summed E-state index contributed by atoms with van der Waals surface area (Å²) in [5.74, 6) is -3.23. The lowest BCUT2D eigenvalue weighted by atomic mass is 9.95. The zero-order valence-corrected chi connectivity index (χ0v) is 18.0. The topological polar surface area (TPSA) is 66.5 Å². The number of nitrogens with zero attached hydrogens (tertiary/aromatic N) is 1. The van der Waals surface area contributed by atoms with Gasteiger partial charge in [-0.3, -0.25) is 19.3 Å². The summed E-state index contributed by atoms with van der Waals surface area (Å²) in [4.78, 5) is 38.0. The average Bonchev–Trinajstić information content (AvgIpc) is 3.01. The van der Waals surface area contributed by atoms with Crippen molar-refractivity contribution in [1.82, 2.24) is 10.2 Å². The van der Waals surface area contributed by atoms with E-state index in [0.29, 0.717) is 0 Å². The van der Waals surface area contributed by atoms with Crippen molar-refractivity contribution in [3.05, 3.63) is 76.2 Å². The Morgan fingerprint density at radius 1 is 1.09 bits per heavy atom. The van der Waals surface area contributed by atoms with Crippen LogP contribution >= 0.6 is 11.8 Å². The van der Waals surface area contributed by atoms with E-state index in [1.54, 1.807) is 12.1 Å². The van der Waals surface area contributed by atoms with Gasteiger partial charge in [-0.15, -0.1) is 0 Å². The first kappa shape index (κ1) is 23.6. The predicted molar refractivity (Wildman–Crippen MR) is 117 cm³/mol. The number of hydrogen-bond acceptors (Lipinski definition) is 4. The summed E-state index contributed by atoms with van der Waals surface area (Å²) >= 11 is 0.788. The van der Waals surface area contributed by atoms with Crippen LogP contribution in [0, 0.1) is 6.92 Å². The maximum Gasteiger partial charge on any atom is 0.396 e. The molecule has 3 rings (SSSR count). The van der Waals surface area contributed by atoms with Crippen LogP contribution in [0.5, 0.6) is 0 Å². The van der Waals surface area contributed by atoms with Gasteiger partial charge in [0.2, 0.25) is 5.91 Å². The number of benzene rings is 2. The molecule has 1 unspecified atom stereocenters. The van der Waals surface area contributed by atoms with Gasteiger partial charge in [-0.1, -0.05) is 60.2 Å². The van der Waals surface area contributed by atoms with E-state index >= 15 is 0 Å². The number of thioether (sulfide) groups is 1. The van der Waals surface area contributed by atoms with Crippen molar-refractivity contribution < 1.29 is 27.6 Å². The van der Waals surface area contributed by atoms with Gasteiger partial charge in [0.15, 0.2) is 0 Å². The molecule has 1 N–H and O–H groups in total. The van der Waals surface area contributed by atoms with Crippen LogP contribution in [-0.2, 0) is 9.59 Å². The van der Waals surface area contributed by atoms with Crippen LogP contribution in [0.15, 0.2) is 59.5 Å². The number of rotatable bonds is 7. The van der Waals surface area contributed by atoms with Gasteiger partial charge in [-0.25, -0.2) is 0 Å². The predicted octanol–water partition coefficient (Wildman–Crippen LogP) is 4.88. The fourth-order valence-corrected chi connectivity index (χ4v) is 4.04. The fraction of sp³-hybridized carbons (Fsp3) is 0.261. The number of alkyl halides is 3. The van der Waals surface area contributed by atoms with Crippen LogP contribution in [0.25, 0.3) is 6.08 Å². The molecule has 2 aromatic carbocycles. The summed E-state index contributed by atoms with van der Waals surface area (Å²) in [5.41, 5.74) is 1.84. The average molecular weight is 462 g/mol. The summed E-state index contributed by atoms with van der Waals surface area (Å²) in [5, 5.41) is 1.89. The molecular formula is C23H21F3N2O3S. The maximum atomic E-state index is 13.4. The molecule has 0 radical (unpaired) electrons. The quantitative estimate of drug-likeness (QED) is 0.596. The molecule has 1 atom stereocenters. The summed E-state index contributed by atoms with van der Waals surface area (Å²) in [7, 11) is 0. The minimum Gasteiger partial charge on any atom is -0.354 e. The van der Waals surface area contributed by atoms with Crippen LogP contribution in [0.1, 0.15) is 29.0 Å². The molecule has 0 spiro atoms. The lowest BCUT2D eigenvalue weighted by molar-refractivity contribution is -0.157. The number of carbonyl (C=O) groups excluding carboxylic acids is 3. The van der Waals surface area contributed by atoms with Crippen LogP contribution in [0.2, 0.25) is 0 Å². The Morgan fingerprint density at radius 3 is 2.38 bits per heavy atom. The van der Waals surface area contributed by atoms with Crippen molar-refractivity contribution in [2.24, 2.45) is 0 Å². The van der Waals surface area contributed by atoms with Gasteiger partial charge in [0, 0.05) is 19.5 Å². The van der Waals surface area contributed by atoms with Gasteiger partial charge in [-0.2, -0.15) is 13.2 Å². The molecular weight excluding hydrogens is 441 g/mol. The highest BCUT2D eigenvalue weighted by Gasteiger charge is 2.42. The van der Waals surface area contributed by atoms with Crippen molar-refractivity contribution in [2.45, 2.75) is 25.4 Å². The molecule has 1 heterocycles. The highest BCUT2D eigenvalue weighted by Crippen LogP contribution is 2.37. The van der Waals surface area contributed by atoms with Gasteiger partial charge in [-0.05, 0) is 35.9 Å². The molecule has 0 aromatic heterocycles. The number of aryl methyl sites for hydroxylation is 1. The van der Waals surface area contributed by atoms with Gasteiger partial charge >= 0.3 is 6.18 Å². The van der Waals surface area contributed by atoms with E-state index in [1.807, 2.05) is 31.2 Å². The van der Waals surface area contributed by atoms with Crippen LogP contribution in [0.4, 0.5) is 18.0 Å². The van der Waals surface area contributed by atoms with E-state index in [0.717, 1.165) is 27.8 Å². The molecule has 0 bridgehead atoms. The minimum absolute atomic E-state index is 0.00216. The van der Waals surface area contributed by atoms with Crippen LogP contribution in [0.3, 0.4) is 0 Å². The minimum atomic E-state index is -4.58. The van der Waals surface area contributed by atoms with Crippen LogP contribution in [-0.4, -0.2) is 41.2 Å². The van der Waals surface area contributed by atoms with Gasteiger partial charge < -0.3 is 5.32 Å². The second-order valence-corrected chi connectivity index (χ2v) is 8.30. The van der Waals surface area contributed by atoms with Gasteiger partial charge in [0.25, 0.3) is 11.1 Å². The normalized spacial score (nSPS) is 16.5. The Bertz CT molecular complexity index is 1020. The third kappa shape index (κ3) is 6.00. The fourth-order valence-electron chi connectivity index (χ4n) is 3.18. The Hall–Kier alpha value is -3.07. The molecule has 9 heteroatoms. The Labute approximate surface area is 187 Å². The van der Waals surface area contributed by atoms with E-state index in [1.165, 1.54) is 24.3 Å². The summed E-state index contributed by atoms with van der Waals surface area (Å²) in [6.45, 7) is 1.68. The first-order valence-corrected chi connectivity index (χ1v) is 10.7. The molecule has 0 aliphatic carbocycles. The van der Waals surface area contributed by atoms with E-state index in [-0.39, 0.29) is 23.6 Å². The van der Waals surface area contributed by atoms with E-state index in [4.69, 9.17) is 0 Å². The standard InChI is InChI=1S/C23H21F3N2O3S/c1-15-7-9-16(10-8-15)13-19-21(30)28(22(31)32-19)12-11-27-20(29)14-18(23(24,25)26)17-5-3-2-4-6-17/h2-10,13,18H,11-12,14H2,1H3,(H,27,29)/b19-13-. The maximum absolute atomic E-state index is 13.4. The molecule has 1 fully saturated rings. The number of carbonyl (C=O) groups is 3. The van der Waals surface area contributed by atoms with E-state index in [9.17, 15) is 27.6 Å². The first-order chi connectivity index (χ1) is 15.1. The van der Waals surface area contributed by atoms with Crippen LogP contribution < -0.4 is 5.32 Å². The molecule has 32 heavy (non-hydrogen) atoms. The largest absolute Gasteiger partial charge is 0.396 e. The van der Waals surface area contributed by atoms with Crippen molar-refractivity contribution in [3.63, 3.8) is 0 Å². The Balaban J connectivity index is 1.56. The molecule has 0 saturated carbocycles. The van der Waals surface area contributed by atoms with Crippen molar-refractivity contribution >= 4 is 34.9 Å². The van der Waals surface area contributed by atoms with Crippen molar-refractivity contribution in [1.29, 1.82) is 0 Å². The third-order valence-corrected chi connectivity index (χ3v) is 5.80. The van der Waals surface area contributed by atoms with Crippen molar-refractivity contribution in [3.8, 4) is 0 Å². The highest BCUT2D eigenvalue weighted by molar-refractivity contribution is 8.18. The summed E-state index contributed by atoms with van der Waals surface area (Å²) < 4.78 is 40.2. The zero-order chi connectivity index (χ0) is 23.3. The van der Waals surface area contributed by atoms with Crippen molar-refractivity contribution in [2.75, 3.05) is 13.1 Å². The number of amides is 3. The van der Waals surface area contributed by atoms with E-state index < -0.39 is 35.6 Å². The van der Waals surface area contributed by atoms with Gasteiger partial charge in [0.05, 0.1) is 10.8 Å². The third-order valence-electron chi connectivity index (χ3n) is 4.89. The van der Waals surface area contributed by atoms with Gasteiger partial charge in [0.1, 0.15) is 0 Å². The molecule has 1 aliphatic heterocycles. The number of halogens is 3. The smallest absolute Gasteiger partial charge is 0.354 e. The molecule has 2 aromatic rings. The Morgan fingerprint density at radius 2 is 1.75 bits per heavy atom. The monoisotopic (exact) mass is 462 g/mol. The zero-order valence-electron chi connectivity index (χ0n) is 17.2. The number of nitrogens with one attached hydrogen (secondary N) is 1. The summed E-state index contributed by atoms with van der Waals surface area (Å²) in [6, 6.07) is 14.6. The second-order valence-electron chi connectivity index (χ2n) is 7.30. The number of hydrogen-bond donors (Lipinski definition) is 1. The SMILES string of the molecule is Cc1ccc(/C=C2\SC(=O)N(CCNC(=O)CC(c3ccccc3)C(F)(F)F)C2=O)cc1. The molecule has 168 valence electrons.